The van der Waals surface area contributed by atoms with Crippen LogP contribution in [0.3, 0.4) is 0 Å². The fourth-order valence-corrected chi connectivity index (χ4v) is 2.74. The molecule has 88 valence electrons. The van der Waals surface area contributed by atoms with Crippen molar-refractivity contribution >= 4 is 15.9 Å². The van der Waals surface area contributed by atoms with Crippen LogP contribution in [0.1, 0.15) is 31.4 Å². The lowest BCUT2D eigenvalue weighted by Gasteiger charge is -2.25. The molecule has 1 saturated heterocycles. The topological polar surface area (TPSA) is 12.5 Å². The minimum absolute atomic E-state index is 0.440. The fourth-order valence-electron chi connectivity index (χ4n) is 2.36. The molecule has 2 rings (SSSR count). The zero-order chi connectivity index (χ0) is 11.5. The van der Waals surface area contributed by atoms with Gasteiger partial charge in [0.25, 0.3) is 0 Å². The number of ether oxygens (including phenoxy) is 1. The summed E-state index contributed by atoms with van der Waals surface area (Å²) in [5, 5.41) is 0. The number of halogens is 1. The maximum Gasteiger partial charge on any atom is 0.123 e. The van der Waals surface area contributed by atoms with Gasteiger partial charge in [-0.3, -0.25) is 4.90 Å². The second kappa shape index (κ2) is 5.19. The zero-order valence-corrected chi connectivity index (χ0v) is 11.5. The summed E-state index contributed by atoms with van der Waals surface area (Å²) in [4.78, 5) is 2.52. The molecule has 0 aromatic heterocycles. The van der Waals surface area contributed by atoms with Crippen molar-refractivity contribution in [3.05, 3.63) is 28.2 Å². The quantitative estimate of drug-likeness (QED) is 0.840. The SMILES string of the molecule is COc1ccc(Br)cc1C(C)N1CCCC1. The largest absolute Gasteiger partial charge is 0.496 e. The van der Waals surface area contributed by atoms with E-state index < -0.39 is 0 Å². The van der Waals surface area contributed by atoms with Gasteiger partial charge in [-0.1, -0.05) is 15.9 Å². The molecule has 0 radical (unpaired) electrons. The number of benzene rings is 1. The molecule has 3 heteroatoms. The fraction of sp³-hybridized carbons (Fsp3) is 0.538. The summed E-state index contributed by atoms with van der Waals surface area (Å²) in [6, 6.07) is 6.67. The van der Waals surface area contributed by atoms with E-state index in [2.05, 4.69) is 33.8 Å². The molecule has 0 N–H and O–H groups in total. The first kappa shape index (κ1) is 11.9. The second-order valence-electron chi connectivity index (χ2n) is 4.31. The molecule has 0 aliphatic carbocycles. The molecule has 0 amide bonds. The third kappa shape index (κ3) is 2.41. The van der Waals surface area contributed by atoms with Crippen LogP contribution in [-0.2, 0) is 0 Å². The van der Waals surface area contributed by atoms with E-state index in [1.807, 2.05) is 12.1 Å². The smallest absolute Gasteiger partial charge is 0.123 e. The summed E-state index contributed by atoms with van der Waals surface area (Å²) in [7, 11) is 1.74. The summed E-state index contributed by atoms with van der Waals surface area (Å²) in [6.45, 7) is 4.67. The van der Waals surface area contributed by atoms with Crippen LogP contribution in [0.5, 0.6) is 5.75 Å². The van der Waals surface area contributed by atoms with Crippen molar-refractivity contribution in [1.29, 1.82) is 0 Å². The van der Waals surface area contributed by atoms with Gasteiger partial charge in [0.05, 0.1) is 7.11 Å². The van der Waals surface area contributed by atoms with Crippen molar-refractivity contribution in [2.45, 2.75) is 25.8 Å². The number of methoxy groups -OCH3 is 1. The predicted molar refractivity (Wildman–Crippen MR) is 69.9 cm³/mol. The summed E-state index contributed by atoms with van der Waals surface area (Å²) in [5.74, 6) is 0.989. The van der Waals surface area contributed by atoms with Crippen molar-refractivity contribution in [2.75, 3.05) is 20.2 Å². The molecule has 1 atom stereocenters. The summed E-state index contributed by atoms with van der Waals surface area (Å²) in [6.07, 6.45) is 2.64. The molecule has 1 aromatic rings. The van der Waals surface area contributed by atoms with Crippen LogP contribution in [0.25, 0.3) is 0 Å². The molecule has 1 fully saturated rings. The van der Waals surface area contributed by atoms with Gasteiger partial charge in [-0.25, -0.2) is 0 Å². The molecule has 1 unspecified atom stereocenters. The second-order valence-corrected chi connectivity index (χ2v) is 5.22. The van der Waals surface area contributed by atoms with E-state index in [0.29, 0.717) is 6.04 Å². The van der Waals surface area contributed by atoms with Gasteiger partial charge in [-0.2, -0.15) is 0 Å². The lowest BCUT2D eigenvalue weighted by Crippen LogP contribution is -2.23. The molecule has 1 aliphatic heterocycles. The molecule has 1 aliphatic rings. The molecule has 0 saturated carbocycles. The molecule has 0 spiro atoms. The van der Waals surface area contributed by atoms with Crippen molar-refractivity contribution in [1.82, 2.24) is 4.90 Å². The Morgan fingerprint density at radius 2 is 2.00 bits per heavy atom. The molecule has 1 aromatic carbocycles. The normalized spacial score (nSPS) is 18.7. The summed E-state index contributed by atoms with van der Waals surface area (Å²) >= 11 is 3.53. The lowest BCUT2D eigenvalue weighted by atomic mass is 10.1. The predicted octanol–water partition coefficient (Wildman–Crippen LogP) is 3.61. The molecular formula is C13H18BrNO. The maximum atomic E-state index is 5.43. The van der Waals surface area contributed by atoms with Crippen molar-refractivity contribution in [3.8, 4) is 5.75 Å². The van der Waals surface area contributed by atoms with Gasteiger partial charge in [0, 0.05) is 16.1 Å². The van der Waals surface area contributed by atoms with E-state index in [-0.39, 0.29) is 0 Å². The van der Waals surface area contributed by atoms with Crippen molar-refractivity contribution in [2.24, 2.45) is 0 Å². The van der Waals surface area contributed by atoms with E-state index in [0.717, 1.165) is 10.2 Å². The van der Waals surface area contributed by atoms with Gasteiger partial charge in [0.2, 0.25) is 0 Å². The van der Waals surface area contributed by atoms with Gasteiger partial charge >= 0.3 is 0 Å². The Kier molecular flexibility index (Phi) is 3.87. The zero-order valence-electron chi connectivity index (χ0n) is 9.87. The van der Waals surface area contributed by atoms with Crippen molar-refractivity contribution in [3.63, 3.8) is 0 Å². The molecular weight excluding hydrogens is 266 g/mol. The molecule has 16 heavy (non-hydrogen) atoms. The van der Waals surface area contributed by atoms with Gasteiger partial charge in [-0.05, 0) is 51.1 Å². The van der Waals surface area contributed by atoms with E-state index in [4.69, 9.17) is 4.74 Å². The first-order chi connectivity index (χ1) is 7.72. The number of hydrogen-bond acceptors (Lipinski definition) is 2. The molecule has 1 heterocycles. The Balaban J connectivity index is 2.26. The Labute approximate surface area is 106 Å². The highest BCUT2D eigenvalue weighted by Gasteiger charge is 2.22. The van der Waals surface area contributed by atoms with Gasteiger partial charge < -0.3 is 4.74 Å². The van der Waals surface area contributed by atoms with E-state index in [9.17, 15) is 0 Å². The highest BCUT2D eigenvalue weighted by atomic mass is 79.9. The first-order valence-electron chi connectivity index (χ1n) is 5.80. The highest BCUT2D eigenvalue weighted by Crippen LogP contribution is 2.33. The number of hydrogen-bond donors (Lipinski definition) is 0. The van der Waals surface area contributed by atoms with E-state index >= 15 is 0 Å². The monoisotopic (exact) mass is 283 g/mol. The number of likely N-dealkylation sites (tertiary alicyclic amines) is 1. The summed E-state index contributed by atoms with van der Waals surface area (Å²) in [5.41, 5.74) is 1.28. The molecule has 2 nitrogen and oxygen atoms in total. The van der Waals surface area contributed by atoms with Crippen LogP contribution in [0.15, 0.2) is 22.7 Å². The van der Waals surface area contributed by atoms with Crippen LogP contribution in [-0.4, -0.2) is 25.1 Å². The van der Waals surface area contributed by atoms with E-state index in [1.54, 1.807) is 7.11 Å². The van der Waals surface area contributed by atoms with Crippen LogP contribution in [0.2, 0.25) is 0 Å². The maximum absolute atomic E-state index is 5.43. The number of nitrogens with zero attached hydrogens (tertiary/aromatic N) is 1. The van der Waals surface area contributed by atoms with E-state index in [1.165, 1.54) is 31.5 Å². The van der Waals surface area contributed by atoms with Gasteiger partial charge in [0.1, 0.15) is 5.75 Å². The standard InChI is InChI=1S/C13H18BrNO/c1-10(15-7-3-4-8-15)12-9-11(14)5-6-13(12)16-2/h5-6,9-10H,3-4,7-8H2,1-2H3. The molecule has 0 bridgehead atoms. The third-order valence-electron chi connectivity index (χ3n) is 3.33. The van der Waals surface area contributed by atoms with Crippen LogP contribution >= 0.6 is 15.9 Å². The van der Waals surface area contributed by atoms with Crippen LogP contribution in [0, 0.1) is 0 Å². The number of rotatable bonds is 3. The van der Waals surface area contributed by atoms with Gasteiger partial charge in [-0.15, -0.1) is 0 Å². The van der Waals surface area contributed by atoms with Gasteiger partial charge in [0.15, 0.2) is 0 Å². The third-order valence-corrected chi connectivity index (χ3v) is 3.82. The highest BCUT2D eigenvalue weighted by molar-refractivity contribution is 9.10. The first-order valence-corrected chi connectivity index (χ1v) is 6.59. The minimum Gasteiger partial charge on any atom is -0.496 e. The lowest BCUT2D eigenvalue weighted by molar-refractivity contribution is 0.256. The average molecular weight is 284 g/mol. The Morgan fingerprint density at radius 1 is 1.31 bits per heavy atom. The summed E-state index contributed by atoms with van der Waals surface area (Å²) < 4.78 is 6.55. The Bertz CT molecular complexity index is 361. The minimum atomic E-state index is 0.440. The van der Waals surface area contributed by atoms with Crippen LogP contribution < -0.4 is 4.74 Å². The van der Waals surface area contributed by atoms with Crippen molar-refractivity contribution < 1.29 is 4.74 Å². The average Bonchev–Trinajstić information content (AvgIpc) is 2.81. The van der Waals surface area contributed by atoms with Crippen LogP contribution in [0.4, 0.5) is 0 Å². The Morgan fingerprint density at radius 3 is 2.62 bits per heavy atom. The Hall–Kier alpha value is -0.540.